The summed E-state index contributed by atoms with van der Waals surface area (Å²) >= 11 is 1.28. The van der Waals surface area contributed by atoms with Gasteiger partial charge >= 0.3 is 12.0 Å². The first kappa shape index (κ1) is 29.8. The maximum absolute atomic E-state index is 13.4. The molecule has 4 rings (SSSR count). The molecular weight excluding hydrogens is 560 g/mol. The normalized spacial score (nSPS) is 11.3. The number of benzene rings is 3. The zero-order valence-electron chi connectivity index (χ0n) is 22.6. The van der Waals surface area contributed by atoms with Gasteiger partial charge in [-0.2, -0.15) is 0 Å². The third-order valence-electron chi connectivity index (χ3n) is 6.40. The van der Waals surface area contributed by atoms with Gasteiger partial charge in [0.25, 0.3) is 0 Å². The number of urea groups is 1. The molecule has 0 aliphatic heterocycles. The van der Waals surface area contributed by atoms with Crippen LogP contribution in [0.2, 0.25) is 0 Å². The lowest BCUT2D eigenvalue weighted by Crippen LogP contribution is -2.37. The van der Waals surface area contributed by atoms with Crippen molar-refractivity contribution >= 4 is 44.2 Å². The van der Waals surface area contributed by atoms with E-state index < -0.39 is 16.0 Å². The average molecular weight is 593 g/mol. The second-order valence-electron chi connectivity index (χ2n) is 9.57. The standard InChI is InChI=1S/C30H32N4O5S2/c1-41(38,39)33-25-16-14-24(15-17-25)27-21-40-29(31-27)32-30(37)34(19-8-13-28(35)36)20-18-26(22-9-4-2-5-10-22)23-11-6-3-7-12-23/h2-7,9-12,14-17,21,26,33H,8,13,18-20H2,1H3,(H,35,36)(H,31,32,37). The molecule has 0 saturated heterocycles. The molecule has 0 bridgehead atoms. The SMILES string of the molecule is CS(=O)(=O)Nc1ccc(-c2csc(NC(=O)N(CCCC(=O)O)CCC(c3ccccc3)c3ccccc3)n2)cc1. The van der Waals surface area contributed by atoms with Crippen molar-refractivity contribution in [3.8, 4) is 11.3 Å². The van der Waals surface area contributed by atoms with Crippen molar-refractivity contribution in [2.75, 3.05) is 29.4 Å². The summed E-state index contributed by atoms with van der Waals surface area (Å²) in [5.74, 6) is -0.835. The smallest absolute Gasteiger partial charge is 0.323 e. The number of rotatable bonds is 13. The van der Waals surface area contributed by atoms with Crippen LogP contribution in [0.1, 0.15) is 36.3 Å². The molecule has 214 valence electrons. The molecule has 3 N–H and O–H groups in total. The van der Waals surface area contributed by atoms with Gasteiger partial charge in [-0.05, 0) is 36.1 Å². The summed E-state index contributed by atoms with van der Waals surface area (Å²) in [6, 6.07) is 26.7. The van der Waals surface area contributed by atoms with E-state index in [2.05, 4.69) is 39.3 Å². The summed E-state index contributed by atoms with van der Waals surface area (Å²) in [6.07, 6.45) is 2.05. The second-order valence-corrected chi connectivity index (χ2v) is 12.2. The fraction of sp³-hybridized carbons (Fsp3) is 0.233. The number of aliphatic carboxylic acids is 1. The van der Waals surface area contributed by atoms with Crippen molar-refractivity contribution in [2.24, 2.45) is 0 Å². The number of amides is 2. The molecule has 41 heavy (non-hydrogen) atoms. The third-order valence-corrected chi connectivity index (χ3v) is 7.76. The van der Waals surface area contributed by atoms with Crippen LogP contribution in [-0.2, 0) is 14.8 Å². The van der Waals surface area contributed by atoms with Gasteiger partial charge in [0.1, 0.15) is 0 Å². The molecule has 0 aliphatic carbocycles. The zero-order valence-corrected chi connectivity index (χ0v) is 24.2. The van der Waals surface area contributed by atoms with Crippen molar-refractivity contribution in [3.63, 3.8) is 0 Å². The van der Waals surface area contributed by atoms with Gasteiger partial charge in [0, 0.05) is 42.1 Å². The first-order valence-corrected chi connectivity index (χ1v) is 15.9. The number of carboxylic acid groups (broad SMARTS) is 1. The fourth-order valence-electron chi connectivity index (χ4n) is 4.47. The third kappa shape index (κ3) is 9.16. The second kappa shape index (κ2) is 13.9. The van der Waals surface area contributed by atoms with Crippen LogP contribution in [0.15, 0.2) is 90.3 Å². The highest BCUT2D eigenvalue weighted by Crippen LogP contribution is 2.29. The molecule has 0 aliphatic rings. The van der Waals surface area contributed by atoms with Crippen LogP contribution in [0.3, 0.4) is 0 Å². The number of sulfonamides is 1. The highest BCUT2D eigenvalue weighted by Gasteiger charge is 2.20. The monoisotopic (exact) mass is 592 g/mol. The zero-order chi connectivity index (χ0) is 29.2. The van der Waals surface area contributed by atoms with Crippen molar-refractivity contribution in [1.29, 1.82) is 0 Å². The van der Waals surface area contributed by atoms with Gasteiger partial charge in [0.05, 0.1) is 11.9 Å². The van der Waals surface area contributed by atoms with Gasteiger partial charge < -0.3 is 10.0 Å². The average Bonchev–Trinajstić information content (AvgIpc) is 3.41. The first-order chi connectivity index (χ1) is 19.7. The molecule has 0 radical (unpaired) electrons. The lowest BCUT2D eigenvalue weighted by Gasteiger charge is -2.26. The molecule has 1 aromatic heterocycles. The predicted molar refractivity (Wildman–Crippen MR) is 163 cm³/mol. The molecule has 3 aromatic carbocycles. The van der Waals surface area contributed by atoms with E-state index in [4.69, 9.17) is 5.11 Å². The Morgan fingerprint density at radius 1 is 0.927 bits per heavy atom. The lowest BCUT2D eigenvalue weighted by molar-refractivity contribution is -0.137. The molecule has 4 aromatic rings. The van der Waals surface area contributed by atoms with E-state index in [1.165, 1.54) is 11.3 Å². The Balaban J connectivity index is 1.46. The minimum atomic E-state index is -3.37. The quantitative estimate of drug-likeness (QED) is 0.172. The Bertz CT molecular complexity index is 1500. The number of nitrogens with zero attached hydrogens (tertiary/aromatic N) is 2. The molecule has 1 heterocycles. The highest BCUT2D eigenvalue weighted by molar-refractivity contribution is 7.92. The molecule has 2 amide bonds. The van der Waals surface area contributed by atoms with Gasteiger partial charge in [-0.15, -0.1) is 11.3 Å². The number of anilines is 2. The summed E-state index contributed by atoms with van der Waals surface area (Å²) in [5, 5.41) is 14.2. The predicted octanol–water partition coefficient (Wildman–Crippen LogP) is 6.10. The molecule has 0 spiro atoms. The van der Waals surface area contributed by atoms with Gasteiger partial charge in [0.2, 0.25) is 10.0 Å². The molecule has 9 nitrogen and oxygen atoms in total. The number of aromatic nitrogens is 1. The molecule has 0 unspecified atom stereocenters. The van der Waals surface area contributed by atoms with Crippen molar-refractivity contribution in [2.45, 2.75) is 25.2 Å². The Morgan fingerprint density at radius 3 is 2.10 bits per heavy atom. The minimum Gasteiger partial charge on any atom is -0.481 e. The van der Waals surface area contributed by atoms with Crippen LogP contribution in [0, 0.1) is 0 Å². The maximum Gasteiger partial charge on any atom is 0.323 e. The Hall–Kier alpha value is -4.22. The van der Waals surface area contributed by atoms with E-state index in [1.54, 1.807) is 29.2 Å². The van der Waals surface area contributed by atoms with Crippen LogP contribution in [-0.4, -0.2) is 54.8 Å². The van der Waals surface area contributed by atoms with E-state index in [0.717, 1.165) is 22.9 Å². The maximum atomic E-state index is 13.4. The number of carbonyl (C=O) groups excluding carboxylic acids is 1. The Kier molecular flexibility index (Phi) is 10.1. The number of hydrogen-bond acceptors (Lipinski definition) is 6. The molecule has 0 atom stereocenters. The largest absolute Gasteiger partial charge is 0.481 e. The molecule has 0 saturated carbocycles. The summed E-state index contributed by atoms with van der Waals surface area (Å²) in [7, 11) is -3.37. The number of carboxylic acids is 1. The van der Waals surface area contributed by atoms with Crippen molar-refractivity contribution < 1.29 is 23.1 Å². The molecule has 0 fully saturated rings. The summed E-state index contributed by atoms with van der Waals surface area (Å²) < 4.78 is 25.3. The fourth-order valence-corrected chi connectivity index (χ4v) is 5.75. The topological polar surface area (TPSA) is 129 Å². The molecular formula is C30H32N4O5S2. The van der Waals surface area contributed by atoms with Gasteiger partial charge in [-0.3, -0.25) is 14.8 Å². The first-order valence-electron chi connectivity index (χ1n) is 13.1. The van der Waals surface area contributed by atoms with Crippen LogP contribution >= 0.6 is 11.3 Å². The van der Waals surface area contributed by atoms with E-state index in [1.807, 2.05) is 41.8 Å². The summed E-state index contributed by atoms with van der Waals surface area (Å²) in [4.78, 5) is 30.7. The van der Waals surface area contributed by atoms with Crippen LogP contribution in [0.25, 0.3) is 11.3 Å². The van der Waals surface area contributed by atoms with Gasteiger partial charge in [0.15, 0.2) is 5.13 Å². The van der Waals surface area contributed by atoms with Crippen molar-refractivity contribution in [1.82, 2.24) is 9.88 Å². The highest BCUT2D eigenvalue weighted by atomic mass is 32.2. The number of hydrogen-bond donors (Lipinski definition) is 3. The summed E-state index contributed by atoms with van der Waals surface area (Å²) in [6.45, 7) is 0.717. The van der Waals surface area contributed by atoms with Crippen molar-refractivity contribution in [3.05, 3.63) is 101 Å². The number of nitrogens with one attached hydrogen (secondary N) is 2. The Labute approximate surface area is 243 Å². The van der Waals surface area contributed by atoms with E-state index >= 15 is 0 Å². The van der Waals surface area contributed by atoms with Gasteiger partial charge in [-0.1, -0.05) is 72.8 Å². The van der Waals surface area contributed by atoms with E-state index in [-0.39, 0.29) is 18.4 Å². The van der Waals surface area contributed by atoms with E-state index in [0.29, 0.717) is 42.4 Å². The van der Waals surface area contributed by atoms with Crippen LogP contribution in [0.5, 0.6) is 0 Å². The van der Waals surface area contributed by atoms with E-state index in [9.17, 15) is 18.0 Å². The van der Waals surface area contributed by atoms with Crippen LogP contribution in [0.4, 0.5) is 15.6 Å². The molecule has 11 heteroatoms. The van der Waals surface area contributed by atoms with Crippen LogP contribution < -0.4 is 10.0 Å². The Morgan fingerprint density at radius 2 is 1.54 bits per heavy atom. The number of thiazole rings is 1. The summed E-state index contributed by atoms with van der Waals surface area (Å²) in [5.41, 5.74) is 4.15. The van der Waals surface area contributed by atoms with Gasteiger partial charge in [-0.25, -0.2) is 18.2 Å². The lowest BCUT2D eigenvalue weighted by atomic mass is 9.88. The number of carbonyl (C=O) groups is 2. The minimum absolute atomic E-state index is 0.0316.